The maximum atomic E-state index is 13.6. The molecule has 3 aliphatic rings. The predicted octanol–water partition coefficient (Wildman–Crippen LogP) is 3.26. The van der Waals surface area contributed by atoms with Crippen LogP contribution in [0.2, 0.25) is 0 Å². The van der Waals surface area contributed by atoms with Crippen LogP contribution in [0.25, 0.3) is 11.0 Å². The van der Waals surface area contributed by atoms with E-state index in [0.29, 0.717) is 32.1 Å². The summed E-state index contributed by atoms with van der Waals surface area (Å²) in [7, 11) is -3.83. The van der Waals surface area contributed by atoms with Gasteiger partial charge in [0.1, 0.15) is 5.65 Å². The fourth-order valence-corrected chi connectivity index (χ4v) is 8.00. The Kier molecular flexibility index (Phi) is 7.29. The lowest BCUT2D eigenvalue weighted by molar-refractivity contribution is -0.0513. The summed E-state index contributed by atoms with van der Waals surface area (Å²) >= 11 is 0. The van der Waals surface area contributed by atoms with Gasteiger partial charge in [-0.25, -0.2) is 26.5 Å². The summed E-state index contributed by atoms with van der Waals surface area (Å²) in [6, 6.07) is 0.201. The van der Waals surface area contributed by atoms with E-state index in [1.54, 1.807) is 6.92 Å². The van der Waals surface area contributed by atoms with Gasteiger partial charge in [-0.05, 0) is 51.5 Å². The predicted molar refractivity (Wildman–Crippen MR) is 134 cm³/mol. The smallest absolute Gasteiger partial charge is 0.387 e. The minimum atomic E-state index is -3.83. The number of rotatable bonds is 7. The van der Waals surface area contributed by atoms with E-state index >= 15 is 0 Å². The van der Waals surface area contributed by atoms with Crippen molar-refractivity contribution in [2.45, 2.75) is 93.8 Å². The third-order valence-corrected chi connectivity index (χ3v) is 10.4. The number of nitrogens with one attached hydrogen (secondary N) is 1. The number of alkyl halides is 4. The zero-order valence-electron chi connectivity index (χ0n) is 21.3. The summed E-state index contributed by atoms with van der Waals surface area (Å²) < 4.78 is 85.8. The van der Waals surface area contributed by atoms with Gasteiger partial charge < -0.3 is 15.2 Å². The number of nitrogens with zero attached hydrogens (tertiary/aromatic N) is 4. The maximum Gasteiger partial charge on any atom is 0.387 e. The summed E-state index contributed by atoms with van der Waals surface area (Å²) in [5, 5.41) is 13.2. The summed E-state index contributed by atoms with van der Waals surface area (Å²) in [6.45, 7) is -1.33. The van der Waals surface area contributed by atoms with Crippen LogP contribution in [-0.2, 0) is 10.0 Å². The first-order chi connectivity index (χ1) is 18.3. The lowest BCUT2D eigenvalue weighted by atomic mass is 10.00. The van der Waals surface area contributed by atoms with Crippen LogP contribution in [0.5, 0.6) is 5.75 Å². The fraction of sp³-hybridized carbons (Fsp3) is 0.708. The third kappa shape index (κ3) is 5.57. The molecule has 3 atom stereocenters. The average molecular weight is 578 g/mol. The second-order valence-corrected chi connectivity index (χ2v) is 13.1. The lowest BCUT2D eigenvalue weighted by Gasteiger charge is -2.33. The van der Waals surface area contributed by atoms with E-state index in [1.165, 1.54) is 15.1 Å². The molecule has 0 aromatic carbocycles. The number of hydrogen-bond donors (Lipinski definition) is 2. The summed E-state index contributed by atoms with van der Waals surface area (Å²) in [5.41, 5.74) is -1.95. The standard InChI is InChI=1S/C24H31F4N5O5S/c1-23(35)7-2-3-18(23)33-19-14(11-17(20(33)34)38-21(25)26)13-29-22(31-19)30-15-5-9-32(10-6-15)39(36,37)16-4-8-24(27,28)12-16/h11,13,15-16,18,21,35H,2-10,12H2,1H3,(H,29,30,31)/t16?,18-,23-/m1/s1. The molecule has 2 aromatic rings. The first kappa shape index (κ1) is 28.0. The van der Waals surface area contributed by atoms with Crippen LogP contribution in [-0.4, -0.2) is 74.9 Å². The van der Waals surface area contributed by atoms with E-state index in [-0.39, 0.29) is 42.5 Å². The molecule has 1 unspecified atom stereocenters. The number of hydrogen-bond acceptors (Lipinski definition) is 8. The molecule has 2 aliphatic carbocycles. The molecular weight excluding hydrogens is 546 g/mol. The first-order valence-electron chi connectivity index (χ1n) is 13.0. The Morgan fingerprint density at radius 2 is 1.90 bits per heavy atom. The Bertz CT molecular complexity index is 1400. The van der Waals surface area contributed by atoms with Crippen LogP contribution in [0.4, 0.5) is 23.5 Å². The molecule has 3 heterocycles. The van der Waals surface area contributed by atoms with Crippen LogP contribution < -0.4 is 15.6 Å². The molecule has 39 heavy (non-hydrogen) atoms. The third-order valence-electron chi connectivity index (χ3n) is 8.07. The Morgan fingerprint density at radius 1 is 1.18 bits per heavy atom. The van der Waals surface area contributed by atoms with Gasteiger partial charge in [0.05, 0.1) is 16.9 Å². The highest BCUT2D eigenvalue weighted by Gasteiger charge is 2.47. The summed E-state index contributed by atoms with van der Waals surface area (Å²) in [6.07, 6.45) is 2.48. The number of aromatic nitrogens is 3. The molecule has 3 fully saturated rings. The summed E-state index contributed by atoms with van der Waals surface area (Å²) in [5.74, 6) is -3.38. The maximum absolute atomic E-state index is 13.6. The lowest BCUT2D eigenvalue weighted by Crippen LogP contribution is -2.46. The molecule has 2 N–H and O–H groups in total. The van der Waals surface area contributed by atoms with Crippen LogP contribution in [0.15, 0.2) is 17.1 Å². The Balaban J connectivity index is 1.36. The van der Waals surface area contributed by atoms with Crippen LogP contribution in [0, 0.1) is 0 Å². The molecule has 5 rings (SSSR count). The van der Waals surface area contributed by atoms with Crippen molar-refractivity contribution in [3.8, 4) is 5.75 Å². The second kappa shape index (κ2) is 10.1. The van der Waals surface area contributed by atoms with Crippen molar-refractivity contribution < 1.29 is 35.8 Å². The van der Waals surface area contributed by atoms with E-state index < -0.39 is 63.6 Å². The molecule has 15 heteroatoms. The van der Waals surface area contributed by atoms with E-state index in [4.69, 9.17) is 0 Å². The normalized spacial score (nSPS) is 28.4. The quantitative estimate of drug-likeness (QED) is 0.481. The van der Waals surface area contributed by atoms with Crippen molar-refractivity contribution in [3.05, 3.63) is 22.6 Å². The van der Waals surface area contributed by atoms with Crippen molar-refractivity contribution >= 4 is 27.0 Å². The largest absolute Gasteiger partial charge is 0.429 e. The minimum absolute atomic E-state index is 0.0574. The highest BCUT2D eigenvalue weighted by Crippen LogP contribution is 2.41. The van der Waals surface area contributed by atoms with Gasteiger partial charge >= 0.3 is 6.61 Å². The number of anilines is 1. The SMILES string of the molecule is C[C@@]1(O)CCC[C@H]1n1c(=O)c(OC(F)F)cc2cnc(NC3CCN(S(=O)(=O)C4CCC(F)(F)C4)CC3)nc21. The van der Waals surface area contributed by atoms with Crippen LogP contribution in [0.1, 0.15) is 64.3 Å². The van der Waals surface area contributed by atoms with Gasteiger partial charge in [0.2, 0.25) is 21.9 Å². The van der Waals surface area contributed by atoms with E-state index in [2.05, 4.69) is 20.0 Å². The van der Waals surface area contributed by atoms with Crippen molar-refractivity contribution in [1.29, 1.82) is 0 Å². The number of ether oxygens (including phenoxy) is 1. The molecule has 0 bridgehead atoms. The van der Waals surface area contributed by atoms with Gasteiger partial charge in [-0.15, -0.1) is 0 Å². The van der Waals surface area contributed by atoms with E-state index in [9.17, 15) is 35.9 Å². The molecule has 10 nitrogen and oxygen atoms in total. The number of aliphatic hydroxyl groups is 1. The molecule has 0 amide bonds. The minimum Gasteiger partial charge on any atom is -0.429 e. The molecule has 2 aromatic heterocycles. The Morgan fingerprint density at radius 3 is 2.49 bits per heavy atom. The molecule has 0 radical (unpaired) electrons. The fourth-order valence-electron chi connectivity index (χ4n) is 5.98. The van der Waals surface area contributed by atoms with Crippen molar-refractivity contribution in [1.82, 2.24) is 18.8 Å². The Hall–Kier alpha value is -2.52. The number of pyridine rings is 1. The zero-order valence-corrected chi connectivity index (χ0v) is 22.1. The van der Waals surface area contributed by atoms with Crippen LogP contribution >= 0.6 is 0 Å². The number of piperidine rings is 1. The van der Waals surface area contributed by atoms with Crippen LogP contribution in [0.3, 0.4) is 0 Å². The molecule has 0 spiro atoms. The number of fused-ring (bicyclic) bond motifs is 1. The van der Waals surface area contributed by atoms with Gasteiger partial charge in [-0.1, -0.05) is 0 Å². The monoisotopic (exact) mass is 577 g/mol. The van der Waals surface area contributed by atoms with Gasteiger partial charge in [0.15, 0.2) is 5.75 Å². The number of halogens is 4. The van der Waals surface area contributed by atoms with Gasteiger partial charge in [-0.2, -0.15) is 13.8 Å². The van der Waals surface area contributed by atoms with E-state index in [1.807, 2.05) is 0 Å². The molecular formula is C24H31F4N5O5S. The van der Waals surface area contributed by atoms with Crippen molar-refractivity contribution in [2.75, 3.05) is 18.4 Å². The Labute approximate surface area is 222 Å². The first-order valence-corrected chi connectivity index (χ1v) is 14.5. The van der Waals surface area contributed by atoms with Gasteiger partial charge in [0.25, 0.3) is 5.56 Å². The highest BCUT2D eigenvalue weighted by atomic mass is 32.2. The van der Waals surface area contributed by atoms with Crippen molar-refractivity contribution in [3.63, 3.8) is 0 Å². The average Bonchev–Trinajstić information content (AvgIpc) is 3.41. The van der Waals surface area contributed by atoms with E-state index in [0.717, 1.165) is 6.07 Å². The molecule has 1 aliphatic heterocycles. The highest BCUT2D eigenvalue weighted by molar-refractivity contribution is 7.89. The zero-order chi connectivity index (χ0) is 28.2. The topological polar surface area (TPSA) is 127 Å². The molecule has 1 saturated heterocycles. The summed E-state index contributed by atoms with van der Waals surface area (Å²) in [4.78, 5) is 21.9. The van der Waals surface area contributed by atoms with Crippen molar-refractivity contribution in [2.24, 2.45) is 0 Å². The molecule has 216 valence electrons. The van der Waals surface area contributed by atoms with Gasteiger partial charge in [0, 0.05) is 43.6 Å². The second-order valence-electron chi connectivity index (χ2n) is 10.9. The number of sulfonamides is 1. The van der Waals surface area contributed by atoms with Gasteiger partial charge in [-0.3, -0.25) is 9.36 Å². The molecule has 2 saturated carbocycles.